The minimum absolute atomic E-state index is 0.000700. The van der Waals surface area contributed by atoms with E-state index in [0.29, 0.717) is 23.1 Å². The molecule has 2 aliphatic rings. The van der Waals surface area contributed by atoms with Gasteiger partial charge in [-0.15, -0.1) is 0 Å². The van der Waals surface area contributed by atoms with E-state index in [2.05, 4.69) is 33.3 Å². The third-order valence-corrected chi connectivity index (χ3v) is 6.78. The molecule has 7 heteroatoms. The van der Waals surface area contributed by atoms with Crippen molar-refractivity contribution < 1.29 is 13.5 Å². The maximum atomic E-state index is 15.9. The van der Waals surface area contributed by atoms with Crippen molar-refractivity contribution in [3.05, 3.63) is 64.9 Å². The van der Waals surface area contributed by atoms with Gasteiger partial charge in [-0.05, 0) is 83.1 Å². The van der Waals surface area contributed by atoms with Crippen molar-refractivity contribution in [1.82, 2.24) is 4.90 Å². The Morgan fingerprint density at radius 2 is 1.74 bits per heavy atom. The van der Waals surface area contributed by atoms with Crippen molar-refractivity contribution in [2.75, 3.05) is 19.7 Å². The number of benzene rings is 2. The molecule has 0 N–H and O–H groups in total. The molecule has 0 saturated carbocycles. The van der Waals surface area contributed by atoms with Crippen LogP contribution in [-0.2, 0) is 4.74 Å². The molecule has 178 valence electrons. The molecule has 0 spiro atoms. The lowest BCUT2D eigenvalue weighted by Gasteiger charge is -2.31. The van der Waals surface area contributed by atoms with Crippen LogP contribution >= 0.6 is 0 Å². The van der Waals surface area contributed by atoms with E-state index in [4.69, 9.17) is 4.74 Å². The molecule has 0 atom stereocenters. The number of nitrogens with zero attached hydrogens (tertiary/aromatic N) is 4. The van der Waals surface area contributed by atoms with E-state index in [1.807, 2.05) is 0 Å². The lowest BCUT2D eigenvalue weighted by atomic mass is 9.95. The summed E-state index contributed by atoms with van der Waals surface area (Å²) in [7, 11) is 0. The number of halogens is 2. The highest BCUT2D eigenvalue weighted by Crippen LogP contribution is 2.39. The van der Waals surface area contributed by atoms with Crippen molar-refractivity contribution in [1.29, 1.82) is 0 Å². The summed E-state index contributed by atoms with van der Waals surface area (Å²) in [5.41, 5.74) is 0.822. The summed E-state index contributed by atoms with van der Waals surface area (Å²) in [5.74, 6) is -1.19. The van der Waals surface area contributed by atoms with Gasteiger partial charge >= 0.3 is 6.02 Å². The van der Waals surface area contributed by atoms with Crippen LogP contribution in [-0.4, -0.2) is 49.6 Å². The fourth-order valence-electron chi connectivity index (χ4n) is 5.13. The Kier molecular flexibility index (Phi) is 7.03. The van der Waals surface area contributed by atoms with Gasteiger partial charge < -0.3 is 4.74 Å². The third kappa shape index (κ3) is 4.44. The van der Waals surface area contributed by atoms with Crippen LogP contribution in [0.2, 0.25) is 0 Å². The largest absolute Gasteiger partial charge is 0.461 e. The van der Waals surface area contributed by atoms with Crippen LogP contribution in [0, 0.1) is 5.82 Å². The molecule has 5 nitrogen and oxygen atoms in total. The molecule has 2 saturated heterocycles. The third-order valence-electron chi connectivity index (χ3n) is 6.78. The Balaban J connectivity index is 1.71. The number of hydrogen-bond donors (Lipinski definition) is 0. The molecule has 0 bridgehead atoms. The van der Waals surface area contributed by atoms with Gasteiger partial charge in [-0.3, -0.25) is 9.89 Å². The number of rotatable bonds is 6. The average molecular weight is 465 g/mol. The summed E-state index contributed by atoms with van der Waals surface area (Å²) < 4.78 is 36.6. The van der Waals surface area contributed by atoms with Gasteiger partial charge in [0.05, 0.1) is 5.54 Å². The Morgan fingerprint density at radius 3 is 2.35 bits per heavy atom. The van der Waals surface area contributed by atoms with Crippen LogP contribution < -0.4 is 0 Å². The first-order chi connectivity index (χ1) is 16.4. The number of amidine groups is 1. The van der Waals surface area contributed by atoms with Gasteiger partial charge in [0.15, 0.2) is 5.83 Å². The molecule has 2 aliphatic heterocycles. The van der Waals surface area contributed by atoms with Gasteiger partial charge in [0.2, 0.25) is 0 Å². The number of allylic oxidation sites excluding steroid dienone is 2. The van der Waals surface area contributed by atoms with Crippen LogP contribution in [0.3, 0.4) is 0 Å². The Labute approximate surface area is 199 Å². The van der Waals surface area contributed by atoms with E-state index in [1.165, 1.54) is 6.07 Å². The lowest BCUT2D eigenvalue weighted by Crippen LogP contribution is -2.42. The fraction of sp³-hybridized carbons (Fsp3) is 0.370. The lowest BCUT2D eigenvalue weighted by molar-refractivity contribution is 0.106. The number of hydrogen-bond acceptors (Lipinski definition) is 4. The molecule has 2 aromatic rings. The normalized spacial score (nSPS) is 18.4. The van der Waals surface area contributed by atoms with Gasteiger partial charge in [-0.2, -0.15) is 4.99 Å². The zero-order valence-electron chi connectivity index (χ0n) is 19.8. The highest BCUT2D eigenvalue weighted by molar-refractivity contribution is 5.95. The number of aliphatic imine (C=N–C) groups is 3. The standard InChI is InChI=1S/C27H30F2N4O/c1-18(2)24(32-26(31-4)34-17-27-13-7-15-33(27)16-8-14-27)23(29)25(30-3)20-11-5-9-19-10-6-12-21(28)22(19)20/h5-6,9-12H,3-4,7-8,13-17H2,1-2H3/b25-23+,32-26?. The smallest absolute Gasteiger partial charge is 0.316 e. The average Bonchev–Trinajstić information content (AvgIpc) is 3.40. The summed E-state index contributed by atoms with van der Waals surface area (Å²) in [6.07, 6.45) is 4.42. The predicted molar refractivity (Wildman–Crippen MR) is 136 cm³/mol. The molecule has 0 radical (unpaired) electrons. The molecule has 2 heterocycles. The molecule has 0 aromatic heterocycles. The van der Waals surface area contributed by atoms with Gasteiger partial charge in [0.1, 0.15) is 23.8 Å². The van der Waals surface area contributed by atoms with Crippen LogP contribution in [0.4, 0.5) is 8.78 Å². The first-order valence-electron chi connectivity index (χ1n) is 11.6. The molecule has 34 heavy (non-hydrogen) atoms. The summed E-state index contributed by atoms with van der Waals surface area (Å²) in [5, 5.41) is 0.919. The molecule has 2 fully saturated rings. The number of fused-ring (bicyclic) bond motifs is 2. The minimum Gasteiger partial charge on any atom is -0.461 e. The Hall–Kier alpha value is -3.19. The highest BCUT2D eigenvalue weighted by atomic mass is 19.1. The summed E-state index contributed by atoms with van der Waals surface area (Å²) in [6.45, 7) is 13.2. The molecule has 2 aromatic carbocycles. The van der Waals surface area contributed by atoms with Crippen molar-refractivity contribution in [3.8, 4) is 0 Å². The van der Waals surface area contributed by atoms with E-state index in [1.54, 1.807) is 44.2 Å². The second-order valence-corrected chi connectivity index (χ2v) is 9.07. The second-order valence-electron chi connectivity index (χ2n) is 9.07. The second kappa shape index (κ2) is 9.97. The Morgan fingerprint density at radius 1 is 1.06 bits per heavy atom. The van der Waals surface area contributed by atoms with Gasteiger partial charge in [0, 0.05) is 10.9 Å². The van der Waals surface area contributed by atoms with Crippen molar-refractivity contribution >= 4 is 35.9 Å². The fourth-order valence-corrected chi connectivity index (χ4v) is 5.13. The maximum Gasteiger partial charge on any atom is 0.316 e. The van der Waals surface area contributed by atoms with E-state index < -0.39 is 11.6 Å². The molecular weight excluding hydrogens is 434 g/mol. The van der Waals surface area contributed by atoms with Crippen LogP contribution in [0.5, 0.6) is 0 Å². The van der Waals surface area contributed by atoms with Gasteiger partial charge in [-0.25, -0.2) is 13.8 Å². The Bertz CT molecular complexity index is 1200. The van der Waals surface area contributed by atoms with Crippen molar-refractivity contribution in [2.24, 2.45) is 15.0 Å². The van der Waals surface area contributed by atoms with Crippen LogP contribution in [0.25, 0.3) is 16.5 Å². The zero-order chi connectivity index (χ0) is 24.3. The monoisotopic (exact) mass is 464 g/mol. The van der Waals surface area contributed by atoms with E-state index in [-0.39, 0.29) is 28.3 Å². The zero-order valence-corrected chi connectivity index (χ0v) is 19.8. The molecule has 0 aliphatic carbocycles. The summed E-state index contributed by atoms with van der Waals surface area (Å²) in [6, 6.07) is 9.85. The summed E-state index contributed by atoms with van der Waals surface area (Å²) in [4.78, 5) is 14.7. The predicted octanol–water partition coefficient (Wildman–Crippen LogP) is 6.31. The van der Waals surface area contributed by atoms with Crippen LogP contribution in [0.15, 0.2) is 68.5 Å². The van der Waals surface area contributed by atoms with E-state index in [9.17, 15) is 4.39 Å². The van der Waals surface area contributed by atoms with E-state index >= 15 is 4.39 Å². The maximum absolute atomic E-state index is 15.9. The van der Waals surface area contributed by atoms with Gasteiger partial charge in [0.25, 0.3) is 0 Å². The van der Waals surface area contributed by atoms with E-state index in [0.717, 1.165) is 38.8 Å². The molecule has 0 unspecified atom stereocenters. The van der Waals surface area contributed by atoms with Crippen molar-refractivity contribution in [2.45, 2.75) is 45.1 Å². The topological polar surface area (TPSA) is 49.6 Å². The highest BCUT2D eigenvalue weighted by Gasteiger charge is 2.45. The molecular formula is C27H30F2N4O. The minimum atomic E-state index is -0.725. The SMILES string of the molecule is C=NC(=NC(=C(C)C)/C(F)=C(\N=C)c1cccc2cccc(F)c12)OCC12CCCN1CCC2. The van der Waals surface area contributed by atoms with Crippen molar-refractivity contribution in [3.63, 3.8) is 0 Å². The molecule has 0 amide bonds. The summed E-state index contributed by atoms with van der Waals surface area (Å²) >= 11 is 0. The van der Waals surface area contributed by atoms with Gasteiger partial charge in [-0.1, -0.05) is 30.3 Å². The van der Waals surface area contributed by atoms with Crippen LogP contribution in [0.1, 0.15) is 45.1 Å². The molecule has 4 rings (SSSR count). The first-order valence-corrected chi connectivity index (χ1v) is 11.6. The number of ether oxygens (including phenoxy) is 1. The quantitative estimate of drug-likeness (QED) is 0.286. The first kappa shape index (κ1) is 24.0.